The molecule has 0 saturated carbocycles. The molecule has 4 nitrogen and oxygen atoms in total. The summed E-state index contributed by atoms with van der Waals surface area (Å²) in [6.45, 7) is 3.74. The first-order valence-electron chi connectivity index (χ1n) is 8.63. The van der Waals surface area contributed by atoms with Crippen LogP contribution < -0.4 is 4.74 Å². The van der Waals surface area contributed by atoms with Gasteiger partial charge in [-0.25, -0.2) is 4.79 Å². The summed E-state index contributed by atoms with van der Waals surface area (Å²) >= 11 is 0. The third kappa shape index (κ3) is 3.69. The topological polar surface area (TPSA) is 52.6 Å². The summed E-state index contributed by atoms with van der Waals surface area (Å²) in [4.78, 5) is 24.0. The summed E-state index contributed by atoms with van der Waals surface area (Å²) in [6.07, 6.45) is 3.59. The molecule has 3 rings (SSSR count). The van der Waals surface area contributed by atoms with Crippen LogP contribution in [0.4, 0.5) is 0 Å². The second kappa shape index (κ2) is 7.56. The van der Waals surface area contributed by atoms with Gasteiger partial charge in [-0.15, -0.1) is 0 Å². The summed E-state index contributed by atoms with van der Waals surface area (Å²) in [5.74, 6) is 0.368. The van der Waals surface area contributed by atoms with Crippen LogP contribution in [-0.2, 0) is 16.0 Å². The molecule has 0 saturated heterocycles. The Bertz CT molecular complexity index is 870. The molecule has 0 N–H and O–H groups in total. The molecule has 134 valence electrons. The Morgan fingerprint density at radius 1 is 1.12 bits per heavy atom. The molecule has 0 unspecified atom stereocenters. The number of allylic oxidation sites excluding steroid dienone is 1. The third-order valence-electron chi connectivity index (χ3n) is 4.60. The maximum absolute atomic E-state index is 12.7. The molecule has 1 aliphatic rings. The van der Waals surface area contributed by atoms with Crippen LogP contribution in [0.3, 0.4) is 0 Å². The van der Waals surface area contributed by atoms with Crippen LogP contribution >= 0.6 is 0 Å². The molecule has 0 aliphatic heterocycles. The van der Waals surface area contributed by atoms with Crippen LogP contribution in [0.5, 0.6) is 5.75 Å². The Labute approximate surface area is 153 Å². The molecule has 0 aromatic heterocycles. The van der Waals surface area contributed by atoms with Gasteiger partial charge in [0, 0.05) is 11.1 Å². The van der Waals surface area contributed by atoms with Gasteiger partial charge >= 0.3 is 5.97 Å². The number of aryl methyl sites for hydroxylation is 3. The molecular weight excluding hydrogens is 328 g/mol. The van der Waals surface area contributed by atoms with E-state index in [2.05, 4.69) is 4.74 Å². The first-order valence-corrected chi connectivity index (χ1v) is 8.63. The van der Waals surface area contributed by atoms with Crippen molar-refractivity contribution in [3.05, 3.63) is 69.8 Å². The van der Waals surface area contributed by atoms with Crippen molar-refractivity contribution in [1.82, 2.24) is 0 Å². The molecule has 0 amide bonds. The quantitative estimate of drug-likeness (QED) is 0.616. The molecule has 2 aromatic rings. The number of carbonyl (C=O) groups excluding carboxylic acids is 2. The largest absolute Gasteiger partial charge is 0.481 e. The second-order valence-corrected chi connectivity index (χ2v) is 6.50. The molecule has 0 heterocycles. The number of fused-ring (bicyclic) bond motifs is 1. The highest BCUT2D eigenvalue weighted by Gasteiger charge is 2.21. The van der Waals surface area contributed by atoms with Crippen LogP contribution in [0.2, 0.25) is 0 Å². The van der Waals surface area contributed by atoms with Crippen molar-refractivity contribution in [3.8, 4) is 5.75 Å². The van der Waals surface area contributed by atoms with Crippen LogP contribution in [-0.4, -0.2) is 25.5 Å². The van der Waals surface area contributed by atoms with Crippen LogP contribution in [0.15, 0.2) is 42.0 Å². The zero-order valence-electron chi connectivity index (χ0n) is 15.3. The first kappa shape index (κ1) is 17.9. The molecule has 0 atom stereocenters. The van der Waals surface area contributed by atoms with E-state index in [4.69, 9.17) is 4.74 Å². The number of ether oxygens (including phenoxy) is 2. The lowest BCUT2D eigenvalue weighted by molar-refractivity contribution is -0.142. The number of rotatable bonds is 4. The summed E-state index contributed by atoms with van der Waals surface area (Å²) < 4.78 is 10.2. The van der Waals surface area contributed by atoms with Gasteiger partial charge in [-0.05, 0) is 67.2 Å². The van der Waals surface area contributed by atoms with Crippen LogP contribution in [0.25, 0.3) is 6.08 Å². The van der Waals surface area contributed by atoms with Crippen molar-refractivity contribution in [1.29, 1.82) is 0 Å². The predicted molar refractivity (Wildman–Crippen MR) is 100 cm³/mol. The fourth-order valence-electron chi connectivity index (χ4n) is 3.34. The predicted octanol–water partition coefficient (Wildman–Crippen LogP) is 4.07. The average molecular weight is 350 g/mol. The molecule has 2 aromatic carbocycles. The molecule has 26 heavy (non-hydrogen) atoms. The van der Waals surface area contributed by atoms with Crippen molar-refractivity contribution >= 4 is 17.8 Å². The van der Waals surface area contributed by atoms with E-state index in [9.17, 15) is 9.59 Å². The van der Waals surface area contributed by atoms with Crippen LogP contribution in [0.1, 0.15) is 39.0 Å². The minimum atomic E-state index is -0.415. The number of Topliss-reactive ketones (excluding diaryl/α,β-unsaturated/α-hetero) is 1. The highest BCUT2D eigenvalue weighted by atomic mass is 16.6. The van der Waals surface area contributed by atoms with Gasteiger partial charge in [-0.1, -0.05) is 24.3 Å². The number of esters is 1. The monoisotopic (exact) mass is 350 g/mol. The van der Waals surface area contributed by atoms with Crippen molar-refractivity contribution in [2.45, 2.75) is 26.7 Å². The summed E-state index contributed by atoms with van der Waals surface area (Å²) in [5, 5.41) is 0. The Balaban J connectivity index is 1.86. The van der Waals surface area contributed by atoms with Gasteiger partial charge in [-0.3, -0.25) is 4.79 Å². The zero-order chi connectivity index (χ0) is 18.7. The number of carbonyl (C=O) groups is 2. The van der Waals surface area contributed by atoms with Crippen molar-refractivity contribution in [2.24, 2.45) is 0 Å². The molecule has 1 aliphatic carbocycles. The van der Waals surface area contributed by atoms with Gasteiger partial charge in [0.1, 0.15) is 5.75 Å². The van der Waals surface area contributed by atoms with Crippen molar-refractivity contribution in [3.63, 3.8) is 0 Å². The van der Waals surface area contributed by atoms with E-state index in [0.29, 0.717) is 5.75 Å². The lowest BCUT2D eigenvalue weighted by Crippen LogP contribution is -2.14. The zero-order valence-corrected chi connectivity index (χ0v) is 15.3. The standard InChI is InChI=1S/C22H22O4/c1-14-10-16(11-15(2)22(14)26-13-20(23)25-3)12-18-9-8-17-6-4-5-7-19(17)21(18)24/h4-7,10-12H,8-9,13H2,1-3H3. The SMILES string of the molecule is COC(=O)COc1c(C)cc(C=C2CCc3ccccc3C2=O)cc1C. The van der Waals surface area contributed by atoms with Gasteiger partial charge in [0.2, 0.25) is 0 Å². The second-order valence-electron chi connectivity index (χ2n) is 6.50. The van der Waals surface area contributed by atoms with E-state index in [1.807, 2.05) is 56.3 Å². The molecular formula is C22H22O4. The Morgan fingerprint density at radius 3 is 2.50 bits per heavy atom. The highest BCUT2D eigenvalue weighted by molar-refractivity contribution is 6.13. The highest BCUT2D eigenvalue weighted by Crippen LogP contribution is 2.29. The smallest absolute Gasteiger partial charge is 0.343 e. The summed E-state index contributed by atoms with van der Waals surface area (Å²) in [5.41, 5.74) is 5.55. The fourth-order valence-corrected chi connectivity index (χ4v) is 3.34. The van der Waals surface area contributed by atoms with Gasteiger partial charge in [0.25, 0.3) is 0 Å². The fraction of sp³-hybridized carbons (Fsp3) is 0.273. The van der Waals surface area contributed by atoms with Crippen molar-refractivity contribution in [2.75, 3.05) is 13.7 Å². The van der Waals surface area contributed by atoms with E-state index < -0.39 is 5.97 Å². The molecule has 0 bridgehead atoms. The minimum absolute atomic E-state index is 0.105. The lowest BCUT2D eigenvalue weighted by atomic mass is 9.86. The number of methoxy groups -OCH3 is 1. The van der Waals surface area contributed by atoms with Gasteiger partial charge < -0.3 is 9.47 Å². The third-order valence-corrected chi connectivity index (χ3v) is 4.60. The molecule has 0 radical (unpaired) electrons. The molecule has 0 spiro atoms. The van der Waals surface area contributed by atoms with Gasteiger partial charge in [0.15, 0.2) is 12.4 Å². The maximum atomic E-state index is 12.7. The number of ketones is 1. The number of benzene rings is 2. The maximum Gasteiger partial charge on any atom is 0.343 e. The number of hydrogen-bond acceptors (Lipinski definition) is 4. The first-order chi connectivity index (χ1) is 12.5. The van der Waals surface area contributed by atoms with Gasteiger partial charge in [0.05, 0.1) is 7.11 Å². The van der Waals surface area contributed by atoms with E-state index in [-0.39, 0.29) is 12.4 Å². The Kier molecular flexibility index (Phi) is 5.21. The normalized spacial score (nSPS) is 14.9. The number of hydrogen-bond donors (Lipinski definition) is 0. The summed E-state index contributed by atoms with van der Waals surface area (Å²) in [6, 6.07) is 11.7. The van der Waals surface area contributed by atoms with E-state index in [1.54, 1.807) is 0 Å². The molecule has 0 fully saturated rings. The van der Waals surface area contributed by atoms with Gasteiger partial charge in [-0.2, -0.15) is 0 Å². The minimum Gasteiger partial charge on any atom is -0.481 e. The molecule has 4 heteroatoms. The Morgan fingerprint density at radius 2 is 1.81 bits per heavy atom. The van der Waals surface area contributed by atoms with E-state index in [1.165, 1.54) is 7.11 Å². The van der Waals surface area contributed by atoms with E-state index in [0.717, 1.165) is 46.2 Å². The summed E-state index contributed by atoms with van der Waals surface area (Å²) in [7, 11) is 1.33. The Hall–Kier alpha value is -2.88. The van der Waals surface area contributed by atoms with Crippen molar-refractivity contribution < 1.29 is 19.1 Å². The lowest BCUT2D eigenvalue weighted by Gasteiger charge is -2.18. The van der Waals surface area contributed by atoms with E-state index >= 15 is 0 Å². The van der Waals surface area contributed by atoms with Crippen LogP contribution in [0, 0.1) is 13.8 Å². The average Bonchev–Trinajstić information content (AvgIpc) is 2.63.